The van der Waals surface area contributed by atoms with Gasteiger partial charge in [-0.05, 0) is 50.1 Å². The lowest BCUT2D eigenvalue weighted by Gasteiger charge is -2.19. The molecule has 0 aliphatic rings. The van der Waals surface area contributed by atoms with Gasteiger partial charge in [0.15, 0.2) is 0 Å². The molecule has 1 aromatic heterocycles. The van der Waals surface area contributed by atoms with E-state index in [-0.39, 0.29) is 5.28 Å². The first-order chi connectivity index (χ1) is 10.0. The number of hydrogen-bond donors (Lipinski definition) is 1. The number of rotatable bonds is 5. The SMILES string of the molecule is CCN(CC)c1nc(Cl)nc(Nc2cc(Cl)ccc2C)n1. The van der Waals surface area contributed by atoms with Crippen LogP contribution in [-0.4, -0.2) is 28.0 Å². The number of hydrogen-bond acceptors (Lipinski definition) is 5. The van der Waals surface area contributed by atoms with Crippen LogP contribution in [0.15, 0.2) is 18.2 Å². The van der Waals surface area contributed by atoms with Gasteiger partial charge in [0, 0.05) is 23.8 Å². The summed E-state index contributed by atoms with van der Waals surface area (Å²) in [6.45, 7) is 7.65. The van der Waals surface area contributed by atoms with Crippen LogP contribution in [0.5, 0.6) is 0 Å². The number of nitrogens with one attached hydrogen (secondary N) is 1. The van der Waals surface area contributed by atoms with Crippen molar-refractivity contribution in [2.75, 3.05) is 23.3 Å². The van der Waals surface area contributed by atoms with Crippen LogP contribution < -0.4 is 10.2 Å². The number of benzene rings is 1. The third-order valence-electron chi connectivity index (χ3n) is 3.09. The molecule has 21 heavy (non-hydrogen) atoms. The van der Waals surface area contributed by atoms with E-state index in [9.17, 15) is 0 Å². The van der Waals surface area contributed by atoms with E-state index in [1.165, 1.54) is 0 Å². The van der Waals surface area contributed by atoms with E-state index in [1.54, 1.807) is 0 Å². The summed E-state index contributed by atoms with van der Waals surface area (Å²) < 4.78 is 0. The summed E-state index contributed by atoms with van der Waals surface area (Å²) in [7, 11) is 0. The zero-order valence-corrected chi connectivity index (χ0v) is 13.7. The largest absolute Gasteiger partial charge is 0.341 e. The highest BCUT2D eigenvalue weighted by Crippen LogP contribution is 2.24. The molecule has 0 amide bonds. The van der Waals surface area contributed by atoms with E-state index in [2.05, 4.69) is 20.3 Å². The van der Waals surface area contributed by atoms with Crippen molar-refractivity contribution in [1.82, 2.24) is 15.0 Å². The van der Waals surface area contributed by atoms with Gasteiger partial charge in [0.1, 0.15) is 0 Å². The molecule has 0 spiro atoms. The summed E-state index contributed by atoms with van der Waals surface area (Å²) in [5.74, 6) is 0.962. The van der Waals surface area contributed by atoms with Crippen LogP contribution >= 0.6 is 23.2 Å². The Hall–Kier alpha value is -1.59. The van der Waals surface area contributed by atoms with Gasteiger partial charge in [-0.25, -0.2) is 0 Å². The molecule has 2 rings (SSSR count). The van der Waals surface area contributed by atoms with Gasteiger partial charge in [-0.2, -0.15) is 15.0 Å². The molecule has 0 saturated carbocycles. The highest BCUT2D eigenvalue weighted by molar-refractivity contribution is 6.31. The molecule has 1 heterocycles. The standard InChI is InChI=1S/C14H17Cl2N5/c1-4-21(5-2)14-19-12(16)18-13(20-14)17-11-8-10(15)7-6-9(11)3/h6-8H,4-5H2,1-3H3,(H,17,18,19,20). The molecule has 7 heteroatoms. The Bertz CT molecular complexity index is 629. The zero-order valence-electron chi connectivity index (χ0n) is 12.2. The number of halogens is 2. The molecule has 0 aliphatic carbocycles. The molecule has 0 saturated heterocycles. The van der Waals surface area contributed by atoms with Gasteiger partial charge in [0.05, 0.1) is 0 Å². The zero-order chi connectivity index (χ0) is 15.4. The number of anilines is 3. The van der Waals surface area contributed by atoms with E-state index < -0.39 is 0 Å². The van der Waals surface area contributed by atoms with Crippen molar-refractivity contribution in [3.63, 3.8) is 0 Å². The van der Waals surface area contributed by atoms with Crippen LogP contribution in [0, 0.1) is 6.92 Å². The van der Waals surface area contributed by atoms with Crippen LogP contribution in [0.25, 0.3) is 0 Å². The van der Waals surface area contributed by atoms with E-state index in [1.807, 2.05) is 43.9 Å². The Morgan fingerprint density at radius 1 is 1.10 bits per heavy atom. The van der Waals surface area contributed by atoms with E-state index in [0.717, 1.165) is 24.3 Å². The molecule has 0 unspecified atom stereocenters. The Morgan fingerprint density at radius 3 is 2.48 bits per heavy atom. The molecule has 0 bridgehead atoms. The normalized spacial score (nSPS) is 10.5. The van der Waals surface area contributed by atoms with Gasteiger partial charge in [-0.15, -0.1) is 0 Å². The summed E-state index contributed by atoms with van der Waals surface area (Å²) >= 11 is 12.0. The fraction of sp³-hybridized carbons (Fsp3) is 0.357. The van der Waals surface area contributed by atoms with Crippen molar-refractivity contribution >= 4 is 40.8 Å². The fourth-order valence-corrected chi connectivity index (χ4v) is 2.22. The molecule has 2 aromatic rings. The molecular formula is C14H17Cl2N5. The molecule has 1 N–H and O–H groups in total. The lowest BCUT2D eigenvalue weighted by molar-refractivity contribution is 0.813. The lowest BCUT2D eigenvalue weighted by atomic mass is 10.2. The van der Waals surface area contributed by atoms with Crippen LogP contribution in [0.4, 0.5) is 17.6 Å². The van der Waals surface area contributed by atoms with Crippen molar-refractivity contribution in [2.24, 2.45) is 0 Å². The first kappa shape index (κ1) is 15.8. The van der Waals surface area contributed by atoms with E-state index in [4.69, 9.17) is 23.2 Å². The second-order valence-corrected chi connectivity index (χ2v) is 5.26. The third kappa shape index (κ3) is 3.95. The van der Waals surface area contributed by atoms with Crippen molar-refractivity contribution in [3.05, 3.63) is 34.1 Å². The van der Waals surface area contributed by atoms with Crippen molar-refractivity contribution < 1.29 is 0 Å². The average Bonchev–Trinajstić information content (AvgIpc) is 2.44. The van der Waals surface area contributed by atoms with E-state index in [0.29, 0.717) is 16.9 Å². The monoisotopic (exact) mass is 325 g/mol. The Morgan fingerprint density at radius 2 is 1.81 bits per heavy atom. The van der Waals surface area contributed by atoms with Crippen LogP contribution in [0.1, 0.15) is 19.4 Å². The maximum Gasteiger partial charge on any atom is 0.233 e. The first-order valence-corrected chi connectivity index (χ1v) is 7.48. The molecule has 0 aliphatic heterocycles. The summed E-state index contributed by atoms with van der Waals surface area (Å²) in [4.78, 5) is 14.7. The van der Waals surface area contributed by atoms with Gasteiger partial charge in [-0.1, -0.05) is 17.7 Å². The highest BCUT2D eigenvalue weighted by atomic mass is 35.5. The van der Waals surface area contributed by atoms with Crippen LogP contribution in [0.2, 0.25) is 10.3 Å². The van der Waals surface area contributed by atoms with Gasteiger partial charge in [0.25, 0.3) is 0 Å². The van der Waals surface area contributed by atoms with Crippen molar-refractivity contribution in [1.29, 1.82) is 0 Å². The van der Waals surface area contributed by atoms with Crippen LogP contribution in [0.3, 0.4) is 0 Å². The summed E-state index contributed by atoms with van der Waals surface area (Å²) in [6, 6.07) is 5.59. The predicted octanol–water partition coefficient (Wildman–Crippen LogP) is 4.08. The maximum absolute atomic E-state index is 6.01. The van der Waals surface area contributed by atoms with E-state index >= 15 is 0 Å². The quantitative estimate of drug-likeness (QED) is 0.897. The molecule has 112 valence electrons. The fourth-order valence-electron chi connectivity index (χ4n) is 1.89. The predicted molar refractivity (Wildman–Crippen MR) is 87.9 cm³/mol. The molecule has 1 aromatic carbocycles. The smallest absolute Gasteiger partial charge is 0.233 e. The Labute approximate surface area is 134 Å². The number of aromatic nitrogens is 3. The van der Waals surface area contributed by atoms with Gasteiger partial charge in [0.2, 0.25) is 17.2 Å². The highest BCUT2D eigenvalue weighted by Gasteiger charge is 2.11. The molecule has 0 atom stereocenters. The molecule has 0 radical (unpaired) electrons. The third-order valence-corrected chi connectivity index (χ3v) is 3.49. The van der Waals surface area contributed by atoms with Gasteiger partial charge < -0.3 is 10.2 Å². The topological polar surface area (TPSA) is 53.9 Å². The Balaban J connectivity index is 2.34. The lowest BCUT2D eigenvalue weighted by Crippen LogP contribution is -2.24. The minimum atomic E-state index is 0.161. The summed E-state index contributed by atoms with van der Waals surface area (Å²) in [5.41, 5.74) is 1.88. The molecule has 0 fully saturated rings. The van der Waals surface area contributed by atoms with Crippen molar-refractivity contribution in [3.8, 4) is 0 Å². The molecular weight excluding hydrogens is 309 g/mol. The van der Waals surface area contributed by atoms with Gasteiger partial charge in [-0.3, -0.25) is 0 Å². The first-order valence-electron chi connectivity index (χ1n) is 6.73. The number of nitrogens with zero attached hydrogens (tertiary/aromatic N) is 4. The summed E-state index contributed by atoms with van der Waals surface area (Å²) in [6.07, 6.45) is 0. The maximum atomic E-state index is 6.01. The minimum absolute atomic E-state index is 0.161. The molecule has 5 nitrogen and oxygen atoms in total. The summed E-state index contributed by atoms with van der Waals surface area (Å²) in [5, 5.41) is 3.95. The second kappa shape index (κ2) is 6.91. The second-order valence-electron chi connectivity index (χ2n) is 4.48. The van der Waals surface area contributed by atoms with Crippen molar-refractivity contribution in [2.45, 2.75) is 20.8 Å². The van der Waals surface area contributed by atoms with Gasteiger partial charge >= 0.3 is 0 Å². The Kier molecular flexibility index (Phi) is 5.20. The minimum Gasteiger partial charge on any atom is -0.341 e. The number of aryl methyl sites for hydroxylation is 1. The van der Waals surface area contributed by atoms with Crippen LogP contribution in [-0.2, 0) is 0 Å². The average molecular weight is 326 g/mol.